The lowest BCUT2D eigenvalue weighted by Crippen LogP contribution is -2.29. The molecule has 1 rings (SSSR count). The maximum atomic E-state index is 11.7. The van der Waals surface area contributed by atoms with Crippen molar-refractivity contribution in [2.75, 3.05) is 6.61 Å². The van der Waals surface area contributed by atoms with E-state index in [1.165, 1.54) is 13.0 Å². The van der Waals surface area contributed by atoms with E-state index in [1.807, 2.05) is 6.07 Å². The van der Waals surface area contributed by atoms with Crippen LogP contribution < -0.4 is 11.1 Å². The van der Waals surface area contributed by atoms with E-state index in [-0.39, 0.29) is 5.70 Å². The van der Waals surface area contributed by atoms with Gasteiger partial charge in [-0.1, -0.05) is 30.3 Å². The maximum absolute atomic E-state index is 11.7. The molecule has 1 aromatic carbocycles. The molecule has 19 heavy (non-hydrogen) atoms. The first-order valence-corrected chi connectivity index (χ1v) is 5.49. The first kappa shape index (κ1) is 14.4. The highest BCUT2D eigenvalue weighted by Gasteiger charge is 2.13. The Morgan fingerprint density at radius 2 is 1.89 bits per heavy atom. The lowest BCUT2D eigenvalue weighted by Gasteiger charge is -2.07. The summed E-state index contributed by atoms with van der Waals surface area (Å²) in [5, 5.41) is 2.35. The fourth-order valence-corrected chi connectivity index (χ4v) is 1.27. The Balaban J connectivity index is 2.88. The van der Waals surface area contributed by atoms with E-state index in [2.05, 4.69) is 10.1 Å². The molecule has 1 aromatic rings. The van der Waals surface area contributed by atoms with Gasteiger partial charge in [0.05, 0.1) is 0 Å². The number of ether oxygens (including phenoxy) is 1. The number of nitrogens with two attached hydrogens (primary N) is 1. The summed E-state index contributed by atoms with van der Waals surface area (Å²) in [6, 6.07) is 8.89. The topological polar surface area (TPSA) is 98.5 Å². The Bertz CT molecular complexity index is 509. The second kappa shape index (κ2) is 6.95. The van der Waals surface area contributed by atoms with Gasteiger partial charge in [-0.15, -0.1) is 0 Å². The summed E-state index contributed by atoms with van der Waals surface area (Å²) in [5.41, 5.74) is 5.53. The van der Waals surface area contributed by atoms with Crippen LogP contribution in [0.5, 0.6) is 0 Å². The first-order chi connectivity index (χ1) is 8.99. The zero-order valence-electron chi connectivity index (χ0n) is 10.4. The summed E-state index contributed by atoms with van der Waals surface area (Å²) < 4.78 is 4.64. The van der Waals surface area contributed by atoms with Crippen molar-refractivity contribution in [2.45, 2.75) is 6.92 Å². The van der Waals surface area contributed by atoms with Crippen molar-refractivity contribution in [3.8, 4) is 0 Å². The summed E-state index contributed by atoms with van der Waals surface area (Å²) in [4.78, 5) is 33.3. The molecule has 3 N–H and O–H groups in total. The highest BCUT2D eigenvalue weighted by molar-refractivity contribution is 5.98. The van der Waals surface area contributed by atoms with Gasteiger partial charge in [-0.2, -0.15) is 0 Å². The third kappa shape index (κ3) is 5.49. The maximum Gasteiger partial charge on any atom is 0.355 e. The third-order valence-electron chi connectivity index (χ3n) is 1.99. The molecule has 0 unspecified atom stereocenters. The number of rotatable bonds is 5. The number of hydrogen-bond donors (Lipinski definition) is 2. The van der Waals surface area contributed by atoms with Crippen LogP contribution in [0.1, 0.15) is 12.5 Å². The molecule has 0 saturated heterocycles. The lowest BCUT2D eigenvalue weighted by molar-refractivity contribution is -0.144. The van der Waals surface area contributed by atoms with Gasteiger partial charge >= 0.3 is 5.97 Å². The van der Waals surface area contributed by atoms with Gasteiger partial charge in [0, 0.05) is 6.92 Å². The molecule has 0 aromatic heterocycles. The Morgan fingerprint density at radius 1 is 1.26 bits per heavy atom. The summed E-state index contributed by atoms with van der Waals surface area (Å²) in [6.07, 6.45) is 1.45. The van der Waals surface area contributed by atoms with Crippen LogP contribution in [0.15, 0.2) is 36.0 Å². The van der Waals surface area contributed by atoms with Crippen molar-refractivity contribution in [3.05, 3.63) is 41.6 Å². The molecule has 0 atom stereocenters. The Labute approximate surface area is 110 Å². The SMILES string of the molecule is CC(=O)N/C(=C/c1ccccc1)C(=O)OCC(N)=O. The van der Waals surface area contributed by atoms with Crippen LogP contribution in [-0.2, 0) is 19.1 Å². The zero-order chi connectivity index (χ0) is 14.3. The lowest BCUT2D eigenvalue weighted by atomic mass is 10.2. The summed E-state index contributed by atoms with van der Waals surface area (Å²) in [6.45, 7) is 0.727. The highest BCUT2D eigenvalue weighted by atomic mass is 16.5. The van der Waals surface area contributed by atoms with Crippen LogP contribution in [-0.4, -0.2) is 24.4 Å². The van der Waals surface area contributed by atoms with E-state index in [0.29, 0.717) is 5.56 Å². The van der Waals surface area contributed by atoms with E-state index in [4.69, 9.17) is 5.73 Å². The number of carbonyl (C=O) groups is 3. The van der Waals surface area contributed by atoms with Gasteiger partial charge in [-0.3, -0.25) is 9.59 Å². The second-order valence-corrected chi connectivity index (χ2v) is 3.69. The minimum Gasteiger partial charge on any atom is -0.451 e. The molecule has 100 valence electrons. The molecule has 2 amide bonds. The number of benzene rings is 1. The molecule has 6 nitrogen and oxygen atoms in total. The monoisotopic (exact) mass is 262 g/mol. The van der Waals surface area contributed by atoms with Crippen LogP contribution >= 0.6 is 0 Å². The van der Waals surface area contributed by atoms with Crippen LogP contribution in [0.4, 0.5) is 0 Å². The van der Waals surface area contributed by atoms with Crippen LogP contribution in [0.25, 0.3) is 6.08 Å². The van der Waals surface area contributed by atoms with Crippen molar-refractivity contribution in [2.24, 2.45) is 5.73 Å². The van der Waals surface area contributed by atoms with Crippen molar-refractivity contribution in [3.63, 3.8) is 0 Å². The average Bonchev–Trinajstić information content (AvgIpc) is 2.36. The first-order valence-electron chi connectivity index (χ1n) is 5.49. The fourth-order valence-electron chi connectivity index (χ4n) is 1.27. The van der Waals surface area contributed by atoms with Gasteiger partial charge in [0.15, 0.2) is 6.61 Å². The van der Waals surface area contributed by atoms with Crippen LogP contribution in [0, 0.1) is 0 Å². The van der Waals surface area contributed by atoms with Crippen molar-refractivity contribution < 1.29 is 19.1 Å². The average molecular weight is 262 g/mol. The van der Waals surface area contributed by atoms with Crippen LogP contribution in [0.3, 0.4) is 0 Å². The van der Waals surface area contributed by atoms with E-state index in [1.54, 1.807) is 24.3 Å². The number of esters is 1. The number of nitrogens with one attached hydrogen (secondary N) is 1. The molecule has 0 aliphatic heterocycles. The third-order valence-corrected chi connectivity index (χ3v) is 1.99. The van der Waals surface area contributed by atoms with E-state index in [0.717, 1.165) is 0 Å². The second-order valence-electron chi connectivity index (χ2n) is 3.69. The Morgan fingerprint density at radius 3 is 2.42 bits per heavy atom. The molecule has 6 heteroatoms. The normalized spacial score (nSPS) is 10.7. The smallest absolute Gasteiger partial charge is 0.355 e. The highest BCUT2D eigenvalue weighted by Crippen LogP contribution is 2.06. The Kier molecular flexibility index (Phi) is 5.28. The van der Waals surface area contributed by atoms with Crippen molar-refractivity contribution in [1.82, 2.24) is 5.32 Å². The number of primary amides is 1. The quantitative estimate of drug-likeness (QED) is 0.584. The molecule has 0 fully saturated rings. The molecule has 0 aliphatic carbocycles. The van der Waals surface area contributed by atoms with Crippen molar-refractivity contribution in [1.29, 1.82) is 0 Å². The van der Waals surface area contributed by atoms with Gasteiger partial charge in [0.25, 0.3) is 5.91 Å². The van der Waals surface area contributed by atoms with E-state index >= 15 is 0 Å². The number of carbonyl (C=O) groups excluding carboxylic acids is 3. The van der Waals surface area contributed by atoms with Gasteiger partial charge in [0.1, 0.15) is 5.70 Å². The van der Waals surface area contributed by atoms with E-state index in [9.17, 15) is 14.4 Å². The standard InChI is InChI=1S/C13H14N2O4/c1-9(16)15-11(13(18)19-8-12(14)17)7-10-5-3-2-4-6-10/h2-7H,8H2,1H3,(H2,14,17)(H,15,16)/b11-7+. The van der Waals surface area contributed by atoms with Gasteiger partial charge in [-0.25, -0.2) is 4.79 Å². The summed E-state index contributed by atoms with van der Waals surface area (Å²) >= 11 is 0. The van der Waals surface area contributed by atoms with E-state index < -0.39 is 24.4 Å². The molecular formula is C13H14N2O4. The minimum atomic E-state index is -0.821. The summed E-state index contributed by atoms with van der Waals surface area (Å²) in [5.74, 6) is -2.01. The van der Waals surface area contributed by atoms with Gasteiger partial charge in [-0.05, 0) is 11.6 Å². The van der Waals surface area contributed by atoms with Crippen LogP contribution in [0.2, 0.25) is 0 Å². The Hall–Kier alpha value is -2.63. The van der Waals surface area contributed by atoms with Crippen molar-refractivity contribution >= 4 is 23.9 Å². The molecule has 0 saturated carbocycles. The van der Waals surface area contributed by atoms with Gasteiger partial charge in [0.2, 0.25) is 5.91 Å². The molecular weight excluding hydrogens is 248 g/mol. The van der Waals surface area contributed by atoms with Gasteiger partial charge < -0.3 is 15.8 Å². The fraction of sp³-hybridized carbons (Fsp3) is 0.154. The minimum absolute atomic E-state index is 0.0556. The zero-order valence-corrected chi connectivity index (χ0v) is 10.4. The molecule has 0 spiro atoms. The molecule has 0 bridgehead atoms. The molecule has 0 radical (unpaired) electrons. The summed E-state index contributed by atoms with van der Waals surface area (Å²) in [7, 11) is 0. The molecule has 0 heterocycles. The number of hydrogen-bond acceptors (Lipinski definition) is 4. The number of amides is 2. The largest absolute Gasteiger partial charge is 0.451 e. The predicted octanol–water partition coefficient (Wildman–Crippen LogP) is 0.192. The molecule has 0 aliphatic rings. The predicted molar refractivity (Wildman–Crippen MR) is 68.4 cm³/mol.